The minimum Gasteiger partial charge on any atom is -0.624 e. The van der Waals surface area contributed by atoms with Crippen molar-refractivity contribution in [1.82, 2.24) is 0 Å². The maximum atomic E-state index is 11.2. The average molecular weight is 247 g/mol. The molecule has 1 aromatic heterocycles. The molecule has 1 rings (SSSR count). The summed E-state index contributed by atoms with van der Waals surface area (Å²) in [4.78, 5) is -0.359. The van der Waals surface area contributed by atoms with Crippen molar-refractivity contribution >= 4 is 16.3 Å². The van der Waals surface area contributed by atoms with Gasteiger partial charge in [-0.3, -0.25) is 4.55 Å². The Balaban J connectivity index is 2.79. The van der Waals surface area contributed by atoms with Crippen LogP contribution in [0.2, 0.25) is 0 Å². The molecular weight excluding hydrogens is 234 g/mol. The van der Waals surface area contributed by atoms with Gasteiger partial charge in [-0.25, -0.2) is 4.74 Å². The molecule has 0 bridgehead atoms. The minimum absolute atomic E-state index is 0.0960. The van der Waals surface area contributed by atoms with Crippen LogP contribution in [0.3, 0.4) is 0 Å². The van der Waals surface area contributed by atoms with E-state index in [0.29, 0.717) is 11.3 Å². The SMILES string of the molecule is CCCC[N+]([O-])=Cc1cc(S(=O)(=O)O)co1. The topological polar surface area (TPSA) is 93.6 Å². The molecule has 0 amide bonds. The van der Waals surface area contributed by atoms with Crippen LogP contribution >= 0.6 is 0 Å². The van der Waals surface area contributed by atoms with Crippen LogP contribution in [0.5, 0.6) is 0 Å². The molecule has 0 saturated heterocycles. The average Bonchev–Trinajstić information content (AvgIpc) is 2.62. The van der Waals surface area contributed by atoms with Crippen LogP contribution in [0.25, 0.3) is 0 Å². The first-order valence-corrected chi connectivity index (χ1v) is 6.22. The van der Waals surface area contributed by atoms with Gasteiger partial charge in [0.05, 0.1) is 0 Å². The highest BCUT2D eigenvalue weighted by molar-refractivity contribution is 7.85. The van der Waals surface area contributed by atoms with E-state index in [1.165, 1.54) is 0 Å². The normalized spacial score (nSPS) is 13.0. The number of unbranched alkanes of at least 4 members (excludes halogenated alkanes) is 1. The fourth-order valence-corrected chi connectivity index (χ4v) is 1.49. The highest BCUT2D eigenvalue weighted by Gasteiger charge is 2.14. The van der Waals surface area contributed by atoms with E-state index in [2.05, 4.69) is 0 Å². The first kappa shape index (κ1) is 12.7. The first-order chi connectivity index (χ1) is 7.43. The van der Waals surface area contributed by atoms with Crippen molar-refractivity contribution < 1.29 is 22.1 Å². The van der Waals surface area contributed by atoms with Crippen molar-refractivity contribution in [2.45, 2.75) is 24.7 Å². The summed E-state index contributed by atoms with van der Waals surface area (Å²) in [7, 11) is -4.27. The molecule has 90 valence electrons. The van der Waals surface area contributed by atoms with E-state index in [0.717, 1.165) is 31.4 Å². The molecule has 16 heavy (non-hydrogen) atoms. The maximum absolute atomic E-state index is 11.2. The predicted octanol–water partition coefficient (Wildman–Crippen LogP) is 1.26. The molecule has 1 heterocycles. The summed E-state index contributed by atoms with van der Waals surface area (Å²) in [6.45, 7) is 2.27. The standard InChI is InChI=1S/C9H13NO5S/c1-2-3-4-10(11)6-8-5-9(7-15-8)16(12,13)14/h5-7H,2-4H2,1H3,(H,12,13,14). The fourth-order valence-electron chi connectivity index (χ4n) is 1.06. The second-order valence-corrected chi connectivity index (χ2v) is 4.70. The Morgan fingerprint density at radius 3 is 2.81 bits per heavy atom. The molecule has 0 aliphatic rings. The number of nitrogens with zero attached hydrogens (tertiary/aromatic N) is 1. The van der Waals surface area contributed by atoms with Crippen molar-refractivity contribution in [3.63, 3.8) is 0 Å². The zero-order valence-corrected chi connectivity index (χ0v) is 9.61. The lowest BCUT2D eigenvalue weighted by molar-refractivity contribution is -0.453. The fraction of sp³-hybridized carbons (Fsp3) is 0.444. The van der Waals surface area contributed by atoms with Gasteiger partial charge in [-0.05, 0) is 0 Å². The van der Waals surface area contributed by atoms with Crippen LogP contribution in [0.4, 0.5) is 0 Å². The van der Waals surface area contributed by atoms with Gasteiger partial charge in [0, 0.05) is 12.5 Å². The van der Waals surface area contributed by atoms with Gasteiger partial charge in [0.15, 0.2) is 12.3 Å². The van der Waals surface area contributed by atoms with Crippen LogP contribution in [0, 0.1) is 5.21 Å². The highest BCUT2D eigenvalue weighted by atomic mass is 32.2. The summed E-state index contributed by atoms with van der Waals surface area (Å²) in [5.41, 5.74) is 0. The highest BCUT2D eigenvalue weighted by Crippen LogP contribution is 2.11. The van der Waals surface area contributed by atoms with Crippen molar-refractivity contribution in [2.24, 2.45) is 0 Å². The molecule has 0 aliphatic heterocycles. The lowest BCUT2D eigenvalue weighted by atomic mass is 10.3. The first-order valence-electron chi connectivity index (χ1n) is 4.78. The second-order valence-electron chi connectivity index (χ2n) is 3.28. The Morgan fingerprint density at radius 1 is 1.62 bits per heavy atom. The van der Waals surface area contributed by atoms with E-state index in [9.17, 15) is 13.6 Å². The summed E-state index contributed by atoms with van der Waals surface area (Å²) in [6.07, 6.45) is 3.66. The van der Waals surface area contributed by atoms with Gasteiger partial charge in [-0.2, -0.15) is 8.42 Å². The lowest BCUT2D eigenvalue weighted by Crippen LogP contribution is -2.06. The molecule has 6 nitrogen and oxygen atoms in total. The summed E-state index contributed by atoms with van der Waals surface area (Å²) in [6, 6.07) is 1.09. The van der Waals surface area contributed by atoms with Gasteiger partial charge in [-0.15, -0.1) is 0 Å². The van der Waals surface area contributed by atoms with Crippen LogP contribution in [0.1, 0.15) is 25.5 Å². The van der Waals surface area contributed by atoms with Crippen molar-refractivity contribution in [1.29, 1.82) is 0 Å². The summed E-state index contributed by atoms with van der Waals surface area (Å²) in [5.74, 6) is 0.0960. The van der Waals surface area contributed by atoms with Gasteiger partial charge in [-0.1, -0.05) is 13.3 Å². The molecule has 0 aliphatic carbocycles. The van der Waals surface area contributed by atoms with Gasteiger partial charge < -0.3 is 9.62 Å². The quantitative estimate of drug-likeness (QED) is 0.278. The van der Waals surface area contributed by atoms with E-state index in [1.807, 2.05) is 6.92 Å². The zero-order valence-electron chi connectivity index (χ0n) is 8.79. The molecule has 0 fully saturated rings. The number of hydrogen-bond donors (Lipinski definition) is 1. The molecule has 0 saturated carbocycles. The molecule has 0 aromatic carbocycles. The van der Waals surface area contributed by atoms with Crippen LogP contribution in [-0.4, -0.2) is 30.5 Å². The smallest absolute Gasteiger partial charge is 0.297 e. The molecule has 1 aromatic rings. The predicted molar refractivity (Wildman–Crippen MR) is 57.1 cm³/mol. The third-order valence-electron chi connectivity index (χ3n) is 1.90. The largest absolute Gasteiger partial charge is 0.624 e. The monoisotopic (exact) mass is 247 g/mol. The summed E-state index contributed by atoms with van der Waals surface area (Å²) >= 11 is 0. The third-order valence-corrected chi connectivity index (χ3v) is 2.71. The van der Waals surface area contributed by atoms with E-state index >= 15 is 0 Å². The van der Waals surface area contributed by atoms with Crippen LogP contribution in [-0.2, 0) is 10.1 Å². The number of rotatable bonds is 5. The van der Waals surface area contributed by atoms with Crippen molar-refractivity contribution in [3.05, 3.63) is 23.3 Å². The Kier molecular flexibility index (Phi) is 4.08. The van der Waals surface area contributed by atoms with E-state index in [1.54, 1.807) is 0 Å². The van der Waals surface area contributed by atoms with Gasteiger partial charge in [0.25, 0.3) is 10.1 Å². The Morgan fingerprint density at radius 2 is 2.31 bits per heavy atom. The van der Waals surface area contributed by atoms with E-state index in [-0.39, 0.29) is 10.7 Å². The number of hydroxylamine groups is 1. The van der Waals surface area contributed by atoms with Crippen molar-refractivity contribution in [3.8, 4) is 0 Å². The van der Waals surface area contributed by atoms with Crippen LogP contribution in [0.15, 0.2) is 21.6 Å². The Labute approximate surface area is 93.5 Å². The molecule has 0 unspecified atom stereocenters. The molecule has 7 heteroatoms. The van der Waals surface area contributed by atoms with Gasteiger partial charge in [0.2, 0.25) is 6.21 Å². The maximum Gasteiger partial charge on any atom is 0.297 e. The summed E-state index contributed by atoms with van der Waals surface area (Å²) in [5, 5.41) is 11.2. The van der Waals surface area contributed by atoms with Crippen molar-refractivity contribution in [2.75, 3.05) is 6.54 Å². The molecule has 1 N–H and O–H groups in total. The molecule has 0 atom stereocenters. The Hall–Kier alpha value is -1.34. The lowest BCUT2D eigenvalue weighted by Gasteiger charge is -2.00. The molecule has 0 radical (unpaired) electrons. The summed E-state index contributed by atoms with van der Waals surface area (Å²) < 4.78 is 35.5. The van der Waals surface area contributed by atoms with Crippen LogP contribution < -0.4 is 0 Å². The zero-order chi connectivity index (χ0) is 12.2. The van der Waals surface area contributed by atoms with Gasteiger partial charge >= 0.3 is 0 Å². The van der Waals surface area contributed by atoms with E-state index in [4.69, 9.17) is 8.97 Å². The third kappa shape index (κ3) is 3.67. The second kappa shape index (κ2) is 5.13. The van der Waals surface area contributed by atoms with Gasteiger partial charge in [0.1, 0.15) is 11.2 Å². The minimum atomic E-state index is -4.27. The Bertz CT molecular complexity index is 474. The molecule has 0 spiro atoms. The molecular formula is C9H13NO5S. The number of hydrogen-bond acceptors (Lipinski definition) is 4. The van der Waals surface area contributed by atoms with E-state index < -0.39 is 10.1 Å². The number of furan rings is 1.